The highest BCUT2D eigenvalue weighted by Crippen LogP contribution is 2.09. The summed E-state index contributed by atoms with van der Waals surface area (Å²) >= 11 is 0. The molecule has 2 aromatic heterocycles. The van der Waals surface area contributed by atoms with Gasteiger partial charge in [0.15, 0.2) is 0 Å². The number of hydrogen-bond acceptors (Lipinski definition) is 4. The van der Waals surface area contributed by atoms with Crippen molar-refractivity contribution in [3.8, 4) is 0 Å². The maximum Gasteiger partial charge on any atom is 0.307 e. The molecule has 0 saturated carbocycles. The van der Waals surface area contributed by atoms with E-state index in [2.05, 4.69) is 9.97 Å². The molecule has 0 bridgehead atoms. The van der Waals surface area contributed by atoms with E-state index in [9.17, 15) is 9.59 Å². The number of amides is 1. The van der Waals surface area contributed by atoms with Gasteiger partial charge in [-0.15, -0.1) is 0 Å². The first kappa shape index (κ1) is 21.3. The lowest BCUT2D eigenvalue weighted by Crippen LogP contribution is -2.42. The number of pyridine rings is 2. The zero-order valence-electron chi connectivity index (χ0n) is 15.8. The van der Waals surface area contributed by atoms with Crippen molar-refractivity contribution in [1.82, 2.24) is 14.9 Å². The third kappa shape index (κ3) is 7.88. The minimum absolute atomic E-state index is 0.0494. The Labute approximate surface area is 154 Å². The van der Waals surface area contributed by atoms with Crippen LogP contribution >= 0.6 is 0 Å². The average Bonchev–Trinajstić information content (AvgIpc) is 2.56. The summed E-state index contributed by atoms with van der Waals surface area (Å²) in [6.45, 7) is 8.17. The SMILES string of the molecule is CC(C)N(C(=O)Cc1cccnc1)C(C)C.O=C(O)Cc1cccnc1. The van der Waals surface area contributed by atoms with Gasteiger partial charge in [-0.1, -0.05) is 12.1 Å². The molecule has 0 unspecified atom stereocenters. The van der Waals surface area contributed by atoms with Gasteiger partial charge in [0.2, 0.25) is 5.91 Å². The smallest absolute Gasteiger partial charge is 0.307 e. The van der Waals surface area contributed by atoms with E-state index in [4.69, 9.17) is 5.11 Å². The molecule has 0 fully saturated rings. The van der Waals surface area contributed by atoms with Crippen LogP contribution in [0.1, 0.15) is 38.8 Å². The fourth-order valence-corrected chi connectivity index (χ4v) is 2.62. The van der Waals surface area contributed by atoms with Crippen LogP contribution in [0, 0.1) is 0 Å². The second-order valence-corrected chi connectivity index (χ2v) is 6.46. The first-order chi connectivity index (χ1) is 12.3. The molecule has 6 nitrogen and oxygen atoms in total. The Morgan fingerprint density at radius 2 is 1.38 bits per heavy atom. The monoisotopic (exact) mass is 357 g/mol. The van der Waals surface area contributed by atoms with E-state index in [-0.39, 0.29) is 24.4 Å². The zero-order valence-corrected chi connectivity index (χ0v) is 15.8. The number of aromatic nitrogens is 2. The molecule has 0 radical (unpaired) electrons. The summed E-state index contributed by atoms with van der Waals surface area (Å²) in [6, 6.07) is 7.73. The molecule has 0 aliphatic heterocycles. The zero-order chi connectivity index (χ0) is 19.5. The van der Waals surface area contributed by atoms with E-state index in [1.54, 1.807) is 36.9 Å². The molecule has 1 N–H and O–H groups in total. The van der Waals surface area contributed by atoms with Crippen molar-refractivity contribution in [3.63, 3.8) is 0 Å². The molecule has 6 heteroatoms. The summed E-state index contributed by atoms with van der Waals surface area (Å²) in [6.07, 6.45) is 7.12. The summed E-state index contributed by atoms with van der Waals surface area (Å²) in [7, 11) is 0. The molecule has 0 spiro atoms. The minimum Gasteiger partial charge on any atom is -0.481 e. The van der Waals surface area contributed by atoms with Crippen molar-refractivity contribution < 1.29 is 14.7 Å². The Bertz CT molecular complexity index is 665. The predicted molar refractivity (Wildman–Crippen MR) is 101 cm³/mol. The Kier molecular flexibility index (Phi) is 8.98. The Hall–Kier alpha value is -2.76. The quantitative estimate of drug-likeness (QED) is 0.859. The predicted octanol–water partition coefficient (Wildman–Crippen LogP) is 2.98. The molecule has 2 aromatic rings. The van der Waals surface area contributed by atoms with Crippen LogP contribution in [0.4, 0.5) is 0 Å². The number of nitrogens with zero attached hydrogens (tertiary/aromatic N) is 3. The first-order valence-corrected chi connectivity index (χ1v) is 8.62. The molecule has 1 amide bonds. The van der Waals surface area contributed by atoms with Crippen molar-refractivity contribution in [2.24, 2.45) is 0 Å². The maximum atomic E-state index is 12.1. The maximum absolute atomic E-state index is 12.1. The molecule has 2 rings (SSSR count). The number of carboxylic acids is 1. The fraction of sp³-hybridized carbons (Fsp3) is 0.400. The van der Waals surface area contributed by atoms with Gasteiger partial charge in [-0.3, -0.25) is 19.6 Å². The van der Waals surface area contributed by atoms with Gasteiger partial charge in [0.05, 0.1) is 12.8 Å². The standard InChI is InChI=1S/C13H20N2O.C7H7NO2/c1-10(2)15(11(3)4)13(16)8-12-6-5-7-14-9-12;9-7(10)4-6-2-1-3-8-5-6/h5-7,9-11H,8H2,1-4H3;1-3,5H,4H2,(H,9,10). The fourth-order valence-electron chi connectivity index (χ4n) is 2.62. The Morgan fingerprint density at radius 1 is 0.923 bits per heavy atom. The van der Waals surface area contributed by atoms with Crippen molar-refractivity contribution in [2.75, 3.05) is 0 Å². The summed E-state index contributed by atoms with van der Waals surface area (Å²) in [5.74, 6) is -0.661. The van der Waals surface area contributed by atoms with Crippen molar-refractivity contribution in [1.29, 1.82) is 0 Å². The molecular weight excluding hydrogens is 330 g/mol. The van der Waals surface area contributed by atoms with E-state index in [1.807, 2.05) is 44.7 Å². The lowest BCUT2D eigenvalue weighted by molar-refractivity contribution is -0.136. The Morgan fingerprint density at radius 3 is 1.73 bits per heavy atom. The lowest BCUT2D eigenvalue weighted by atomic mass is 10.1. The van der Waals surface area contributed by atoms with Crippen LogP contribution in [0.15, 0.2) is 49.1 Å². The van der Waals surface area contributed by atoms with Gasteiger partial charge in [0.1, 0.15) is 0 Å². The topological polar surface area (TPSA) is 83.4 Å². The molecule has 140 valence electrons. The molecule has 0 aromatic carbocycles. The minimum atomic E-state index is -0.826. The Balaban J connectivity index is 0.000000289. The summed E-state index contributed by atoms with van der Waals surface area (Å²) in [4.78, 5) is 31.9. The van der Waals surface area contributed by atoms with Gasteiger partial charge in [-0.25, -0.2) is 0 Å². The molecule has 0 aliphatic carbocycles. The summed E-state index contributed by atoms with van der Waals surface area (Å²) in [5.41, 5.74) is 1.70. The molecule has 0 atom stereocenters. The summed E-state index contributed by atoms with van der Waals surface area (Å²) < 4.78 is 0. The van der Waals surface area contributed by atoms with Gasteiger partial charge in [0.25, 0.3) is 0 Å². The number of aliphatic carboxylic acids is 1. The van der Waals surface area contributed by atoms with Gasteiger partial charge < -0.3 is 10.0 Å². The van der Waals surface area contributed by atoms with Crippen LogP contribution in [-0.4, -0.2) is 43.9 Å². The summed E-state index contributed by atoms with van der Waals surface area (Å²) in [5, 5.41) is 8.34. The third-order valence-corrected chi connectivity index (χ3v) is 3.56. The van der Waals surface area contributed by atoms with E-state index in [0.29, 0.717) is 6.42 Å². The highest BCUT2D eigenvalue weighted by Gasteiger charge is 2.19. The normalized spacial score (nSPS) is 10.2. The van der Waals surface area contributed by atoms with E-state index in [0.717, 1.165) is 11.1 Å². The van der Waals surface area contributed by atoms with Crippen LogP contribution in [0.25, 0.3) is 0 Å². The van der Waals surface area contributed by atoms with Crippen LogP contribution in [-0.2, 0) is 22.4 Å². The van der Waals surface area contributed by atoms with Crippen LogP contribution in [0.3, 0.4) is 0 Å². The molecular formula is C20H27N3O3. The van der Waals surface area contributed by atoms with Crippen LogP contribution in [0.5, 0.6) is 0 Å². The van der Waals surface area contributed by atoms with Crippen LogP contribution < -0.4 is 0 Å². The molecule has 2 heterocycles. The number of hydrogen-bond donors (Lipinski definition) is 1. The van der Waals surface area contributed by atoms with E-state index < -0.39 is 5.97 Å². The third-order valence-electron chi connectivity index (χ3n) is 3.56. The number of carboxylic acid groups (broad SMARTS) is 1. The average molecular weight is 357 g/mol. The number of carbonyl (C=O) groups is 2. The van der Waals surface area contributed by atoms with Gasteiger partial charge in [-0.2, -0.15) is 0 Å². The van der Waals surface area contributed by atoms with Gasteiger partial charge in [-0.05, 0) is 51.0 Å². The van der Waals surface area contributed by atoms with Crippen molar-refractivity contribution >= 4 is 11.9 Å². The van der Waals surface area contributed by atoms with Crippen molar-refractivity contribution in [2.45, 2.75) is 52.6 Å². The van der Waals surface area contributed by atoms with E-state index >= 15 is 0 Å². The largest absolute Gasteiger partial charge is 0.481 e. The second kappa shape index (κ2) is 11.0. The highest BCUT2D eigenvalue weighted by atomic mass is 16.4. The van der Waals surface area contributed by atoms with Crippen LogP contribution in [0.2, 0.25) is 0 Å². The van der Waals surface area contributed by atoms with Crippen molar-refractivity contribution in [3.05, 3.63) is 60.2 Å². The highest BCUT2D eigenvalue weighted by molar-refractivity contribution is 5.79. The van der Waals surface area contributed by atoms with E-state index in [1.165, 1.54) is 0 Å². The molecule has 0 aliphatic rings. The number of rotatable bonds is 6. The molecule has 0 saturated heterocycles. The lowest BCUT2D eigenvalue weighted by Gasteiger charge is -2.30. The van der Waals surface area contributed by atoms with Gasteiger partial charge in [0, 0.05) is 36.9 Å². The first-order valence-electron chi connectivity index (χ1n) is 8.62. The second-order valence-electron chi connectivity index (χ2n) is 6.46. The number of carbonyl (C=O) groups excluding carboxylic acids is 1. The van der Waals surface area contributed by atoms with Gasteiger partial charge >= 0.3 is 5.97 Å². The molecule has 26 heavy (non-hydrogen) atoms.